The van der Waals surface area contributed by atoms with Gasteiger partial charge in [-0.15, -0.1) is 0 Å². The van der Waals surface area contributed by atoms with Crippen LogP contribution in [0.25, 0.3) is 0 Å². The van der Waals surface area contributed by atoms with E-state index in [1.165, 1.54) is 0 Å². The van der Waals surface area contributed by atoms with Crippen LogP contribution in [0.4, 0.5) is 13.2 Å². The first kappa shape index (κ1) is 12.0. The summed E-state index contributed by atoms with van der Waals surface area (Å²) in [6.07, 6.45) is -1.71. The second-order valence-electron chi connectivity index (χ2n) is 2.10. The van der Waals surface area contributed by atoms with Gasteiger partial charge < -0.3 is 5.11 Å². The van der Waals surface area contributed by atoms with E-state index >= 15 is 0 Å². The number of halogens is 5. The second kappa shape index (κ2) is 3.83. The van der Waals surface area contributed by atoms with Crippen molar-refractivity contribution in [3.8, 4) is 0 Å². The average Bonchev–Trinajstić information content (AvgIpc) is 1.81. The monoisotopic (exact) mass is 268 g/mol. The van der Waals surface area contributed by atoms with E-state index in [0.29, 0.717) is 0 Å². The Morgan fingerprint density at radius 1 is 1.50 bits per heavy atom. The fraction of sp³-hybridized carbons (Fsp3) is 0.800. The molecule has 0 fully saturated rings. The van der Waals surface area contributed by atoms with Crippen molar-refractivity contribution >= 4 is 33.5 Å². The normalized spacial score (nSPS) is 17.1. The van der Waals surface area contributed by atoms with Gasteiger partial charge in [-0.25, -0.2) is 4.39 Å². The molecule has 0 rings (SSSR count). The Balaban J connectivity index is 4.14. The summed E-state index contributed by atoms with van der Waals surface area (Å²) in [6, 6.07) is 0. The number of hydrogen-bond acceptors (Lipinski definition) is 1. The van der Waals surface area contributed by atoms with Gasteiger partial charge in [0.15, 0.2) is 0 Å². The van der Waals surface area contributed by atoms with Gasteiger partial charge in [-0.3, -0.25) is 4.79 Å². The Kier molecular flexibility index (Phi) is 3.84. The van der Waals surface area contributed by atoms with Crippen molar-refractivity contribution in [2.45, 2.75) is 22.8 Å². The fourth-order valence-corrected chi connectivity index (χ4v) is 0.698. The number of rotatable bonds is 4. The van der Waals surface area contributed by atoms with Crippen LogP contribution in [0.5, 0.6) is 0 Å². The van der Waals surface area contributed by atoms with E-state index < -0.39 is 28.8 Å². The van der Waals surface area contributed by atoms with Crippen LogP contribution in [0, 0.1) is 0 Å². The highest BCUT2D eigenvalue weighted by molar-refractivity contribution is 9.10. The molecule has 0 saturated heterocycles. The smallest absolute Gasteiger partial charge is 0.348 e. The molecular weight excluding hydrogens is 264 g/mol. The molecule has 0 aromatic carbocycles. The average molecular weight is 269 g/mol. The Morgan fingerprint density at radius 3 is 2.17 bits per heavy atom. The van der Waals surface area contributed by atoms with Gasteiger partial charge in [0.05, 0.1) is 0 Å². The molecule has 0 spiro atoms. The fourth-order valence-electron chi connectivity index (χ4n) is 0.406. The number of alkyl halides is 5. The van der Waals surface area contributed by atoms with E-state index in [9.17, 15) is 18.0 Å². The van der Waals surface area contributed by atoms with E-state index in [2.05, 4.69) is 0 Å². The molecule has 0 aromatic heterocycles. The third-order valence-electron chi connectivity index (χ3n) is 1.07. The summed E-state index contributed by atoms with van der Waals surface area (Å²) in [4.78, 5) is 5.97. The second-order valence-corrected chi connectivity index (χ2v) is 3.69. The van der Waals surface area contributed by atoms with Crippen LogP contribution < -0.4 is 0 Å². The highest BCUT2D eigenvalue weighted by Gasteiger charge is 2.51. The van der Waals surface area contributed by atoms with Crippen molar-refractivity contribution in [2.24, 2.45) is 0 Å². The topological polar surface area (TPSA) is 37.3 Å². The Labute approximate surface area is 79.8 Å². The lowest BCUT2D eigenvalue weighted by Crippen LogP contribution is -2.34. The molecule has 0 aliphatic heterocycles. The van der Waals surface area contributed by atoms with Gasteiger partial charge in [-0.05, 0) is 15.9 Å². The maximum Gasteiger partial charge on any atom is 0.348 e. The molecular formula is C5H5BrClF3O2. The van der Waals surface area contributed by atoms with Crippen molar-refractivity contribution in [2.75, 3.05) is 0 Å². The van der Waals surface area contributed by atoms with Crippen LogP contribution in [-0.4, -0.2) is 21.0 Å². The summed E-state index contributed by atoms with van der Waals surface area (Å²) in [7, 11) is 0. The predicted molar refractivity (Wildman–Crippen MR) is 40.4 cm³/mol. The minimum Gasteiger partial charge on any atom is -0.481 e. The summed E-state index contributed by atoms with van der Waals surface area (Å²) in [5.74, 6) is -1.38. The van der Waals surface area contributed by atoms with Gasteiger partial charge in [0.25, 0.3) is 5.13 Å². The number of carbonyl (C=O) groups is 1. The van der Waals surface area contributed by atoms with E-state index in [1.807, 2.05) is 0 Å². The van der Waals surface area contributed by atoms with E-state index in [0.717, 1.165) is 0 Å². The molecule has 1 atom stereocenters. The van der Waals surface area contributed by atoms with Crippen molar-refractivity contribution in [3.63, 3.8) is 0 Å². The van der Waals surface area contributed by atoms with E-state index in [-0.39, 0.29) is 0 Å². The molecule has 0 saturated carbocycles. The van der Waals surface area contributed by atoms with Gasteiger partial charge >= 0.3 is 10.8 Å². The SMILES string of the molecule is O=C(O)CC[C@@](F)(Cl)C(F)(F)Br. The number of aliphatic carboxylic acids is 1. The third-order valence-corrected chi connectivity index (χ3v) is 2.35. The first-order valence-electron chi connectivity index (χ1n) is 2.83. The zero-order valence-electron chi connectivity index (χ0n) is 5.66. The van der Waals surface area contributed by atoms with Crippen molar-refractivity contribution in [1.29, 1.82) is 0 Å². The van der Waals surface area contributed by atoms with Gasteiger partial charge in [0.1, 0.15) is 0 Å². The molecule has 1 N–H and O–H groups in total. The Bertz CT molecular complexity index is 180. The van der Waals surface area contributed by atoms with Crippen molar-refractivity contribution in [1.82, 2.24) is 0 Å². The molecule has 0 aliphatic rings. The molecule has 2 nitrogen and oxygen atoms in total. The lowest BCUT2D eigenvalue weighted by atomic mass is 10.2. The largest absolute Gasteiger partial charge is 0.481 e. The highest BCUT2D eigenvalue weighted by atomic mass is 79.9. The van der Waals surface area contributed by atoms with E-state index in [4.69, 9.17) is 16.7 Å². The molecule has 0 heterocycles. The Morgan fingerprint density at radius 2 is 1.92 bits per heavy atom. The molecule has 0 unspecified atom stereocenters. The lowest BCUT2D eigenvalue weighted by Gasteiger charge is -2.21. The van der Waals surface area contributed by atoms with Crippen LogP contribution in [0.2, 0.25) is 0 Å². The first-order valence-corrected chi connectivity index (χ1v) is 4.00. The van der Waals surface area contributed by atoms with Crippen molar-refractivity contribution < 1.29 is 23.1 Å². The first-order chi connectivity index (χ1) is 5.17. The zero-order valence-corrected chi connectivity index (χ0v) is 8.00. The third kappa shape index (κ3) is 3.62. The molecule has 12 heavy (non-hydrogen) atoms. The molecule has 0 radical (unpaired) electrons. The van der Waals surface area contributed by atoms with Gasteiger partial charge in [-0.1, -0.05) is 11.6 Å². The van der Waals surface area contributed by atoms with Gasteiger partial charge in [0.2, 0.25) is 0 Å². The summed E-state index contributed by atoms with van der Waals surface area (Å²) < 4.78 is 37.0. The maximum atomic E-state index is 12.7. The van der Waals surface area contributed by atoms with Crippen LogP contribution in [0.3, 0.4) is 0 Å². The quantitative estimate of drug-likeness (QED) is 0.797. The van der Waals surface area contributed by atoms with Crippen LogP contribution in [0.15, 0.2) is 0 Å². The molecule has 0 aliphatic carbocycles. The van der Waals surface area contributed by atoms with Crippen LogP contribution in [0.1, 0.15) is 12.8 Å². The number of hydrogen-bond donors (Lipinski definition) is 1. The molecule has 0 amide bonds. The zero-order chi connectivity index (χ0) is 9.99. The van der Waals surface area contributed by atoms with Gasteiger partial charge in [-0.2, -0.15) is 8.78 Å². The summed E-state index contributed by atoms with van der Waals surface area (Å²) >= 11 is 6.45. The number of carboxylic acid groups (broad SMARTS) is 1. The lowest BCUT2D eigenvalue weighted by molar-refractivity contribution is -0.138. The predicted octanol–water partition coefficient (Wildman–Crippen LogP) is 2.74. The standard InChI is InChI=1S/C5H5BrClF3O2/c6-5(9,10)4(7,8)2-1-3(11)12/h1-2H2,(H,11,12)/t4-/m0/s1. The number of carboxylic acids is 1. The molecule has 0 bridgehead atoms. The van der Waals surface area contributed by atoms with Crippen LogP contribution in [-0.2, 0) is 4.79 Å². The van der Waals surface area contributed by atoms with Crippen LogP contribution >= 0.6 is 27.5 Å². The molecule has 7 heteroatoms. The molecule has 72 valence electrons. The Hall–Kier alpha value is 0.0300. The summed E-state index contributed by atoms with van der Waals surface area (Å²) in [5, 5.41) is 4.70. The maximum absolute atomic E-state index is 12.7. The van der Waals surface area contributed by atoms with Gasteiger partial charge in [0, 0.05) is 12.8 Å². The minimum absolute atomic E-state index is 0.749. The van der Waals surface area contributed by atoms with Crippen molar-refractivity contribution in [3.05, 3.63) is 0 Å². The summed E-state index contributed by atoms with van der Waals surface area (Å²) in [5.41, 5.74) is 0. The molecule has 0 aromatic rings. The summed E-state index contributed by atoms with van der Waals surface area (Å²) in [6.45, 7) is 0. The van der Waals surface area contributed by atoms with E-state index in [1.54, 1.807) is 15.9 Å². The minimum atomic E-state index is -3.92. The highest BCUT2D eigenvalue weighted by Crippen LogP contribution is 2.44.